The molecule has 0 saturated heterocycles. The van der Waals surface area contributed by atoms with Crippen molar-refractivity contribution >= 4 is 139 Å². The van der Waals surface area contributed by atoms with E-state index in [-0.39, 0.29) is 12.8 Å². The molecule has 1 nitrogen and oxygen atoms in total. The number of hydrogen-bond acceptors (Lipinski definition) is 1. The van der Waals surface area contributed by atoms with Crippen LogP contribution < -0.4 is 0 Å². The van der Waals surface area contributed by atoms with Gasteiger partial charge in [0, 0.05) is 12.8 Å². The van der Waals surface area contributed by atoms with E-state index in [1.54, 1.807) is 0 Å². The van der Waals surface area contributed by atoms with Gasteiger partial charge in [0.15, 0.2) is 7.59 Å². The summed E-state index contributed by atoms with van der Waals surface area (Å²) in [7, 11) is 0. The molecule has 0 rings (SSSR count). The van der Waals surface area contributed by atoms with Crippen molar-refractivity contribution in [3.8, 4) is 0 Å². The van der Waals surface area contributed by atoms with E-state index in [1.165, 1.54) is 0 Å². The molecule has 0 aromatic rings. The Morgan fingerprint density at radius 2 is 0.810 bits per heavy atom. The maximum atomic E-state index is 5.92. The Morgan fingerprint density at radius 3 is 1.00 bits per heavy atom. The van der Waals surface area contributed by atoms with E-state index in [9.17, 15) is 0 Å². The third-order valence-electron chi connectivity index (χ3n) is 1.82. The van der Waals surface area contributed by atoms with Gasteiger partial charge in [-0.3, -0.25) is 0 Å². The monoisotopic (exact) mass is 538 g/mol. The fourth-order valence-electron chi connectivity index (χ4n) is 0.953. The summed E-state index contributed by atoms with van der Waals surface area (Å²) < 4.78 is -2.58. The van der Waals surface area contributed by atoms with Crippen molar-refractivity contribution in [2.45, 2.75) is 40.2 Å². The van der Waals surface area contributed by atoms with Gasteiger partial charge in [-0.1, -0.05) is 116 Å². The fraction of sp³-hybridized carbons (Fsp3) is 1.00. The lowest BCUT2D eigenvalue weighted by Gasteiger charge is -2.35. The lowest BCUT2D eigenvalue weighted by atomic mass is 10.3. The summed E-state index contributed by atoms with van der Waals surface area (Å²) in [5.74, 6) is 0. The number of hydrogen-bond donors (Lipinski definition) is 0. The predicted octanol–water partition coefficient (Wildman–Crippen LogP) is 8.00. The molecule has 128 valence electrons. The summed E-state index contributed by atoms with van der Waals surface area (Å²) in [6.07, 6.45) is -0.513. The third-order valence-corrected chi connectivity index (χ3v) is 5.48. The van der Waals surface area contributed by atoms with E-state index in [0.29, 0.717) is 0 Å². The van der Waals surface area contributed by atoms with Crippen LogP contribution in [0.4, 0.5) is 0 Å². The molecular weight excluding hydrogens is 538 g/mol. The quantitative estimate of drug-likeness (QED) is 0.309. The van der Waals surface area contributed by atoms with Gasteiger partial charge < -0.3 is 4.74 Å². The van der Waals surface area contributed by atoms with Gasteiger partial charge in [0.25, 0.3) is 0 Å². The van der Waals surface area contributed by atoms with Gasteiger partial charge in [0.2, 0.25) is 9.04 Å². The average molecular weight is 544 g/mol. The summed E-state index contributed by atoms with van der Waals surface area (Å²) >= 11 is 69.0. The smallest absolute Gasteiger partial charge is 0.236 e. The molecule has 0 aliphatic heterocycles. The first-order chi connectivity index (χ1) is 8.96. The van der Waals surface area contributed by atoms with Crippen LogP contribution in [0.3, 0.4) is 0 Å². The Labute approximate surface area is 182 Å². The van der Waals surface area contributed by atoms with Crippen LogP contribution in [0.1, 0.15) is 12.8 Å². The number of alkyl halides is 12. The SMILES string of the molecule is ClC(CC(Cl)(Cl)Cl)C(Cl)(Cl)OC(Cl)(Cl)C(Cl)CC(Cl)(Cl)Cl. The Balaban J connectivity index is 4.89. The van der Waals surface area contributed by atoms with Crippen molar-refractivity contribution in [3.05, 3.63) is 0 Å². The molecule has 0 aliphatic carbocycles. The van der Waals surface area contributed by atoms with Crippen LogP contribution >= 0.6 is 139 Å². The van der Waals surface area contributed by atoms with Crippen LogP contribution in [0.2, 0.25) is 0 Å². The Hall–Kier alpha value is 3.44. The van der Waals surface area contributed by atoms with E-state index >= 15 is 0 Å². The van der Waals surface area contributed by atoms with Crippen molar-refractivity contribution < 1.29 is 4.74 Å². The van der Waals surface area contributed by atoms with Crippen LogP contribution in [0, 0.1) is 0 Å². The standard InChI is InChI=1S/C8H6Cl12O/c9-3(1-5(11,12)13)7(17,18)21-8(19,20)4(10)2-6(14,15)16/h3-4H,1-2H2. The van der Waals surface area contributed by atoms with E-state index < -0.39 is 27.4 Å². The molecule has 0 N–H and O–H groups in total. The number of halogens is 12. The fourth-order valence-corrected chi connectivity index (χ4v) is 3.86. The Bertz CT molecular complexity index is 299. The summed E-state index contributed by atoms with van der Waals surface area (Å²) in [6.45, 7) is 0. The molecule has 0 fully saturated rings. The van der Waals surface area contributed by atoms with Crippen LogP contribution in [-0.4, -0.2) is 27.4 Å². The summed E-state index contributed by atoms with van der Waals surface area (Å²) in [4.78, 5) is 0. The van der Waals surface area contributed by atoms with Gasteiger partial charge in [-0.25, -0.2) is 0 Å². The van der Waals surface area contributed by atoms with Gasteiger partial charge in [0.05, 0.1) is 10.8 Å². The molecule has 0 heterocycles. The van der Waals surface area contributed by atoms with Crippen LogP contribution in [0.15, 0.2) is 0 Å². The largest absolute Gasteiger partial charge is 0.307 e. The molecule has 0 bridgehead atoms. The second kappa shape index (κ2) is 8.89. The second-order valence-electron chi connectivity index (χ2n) is 3.80. The minimum Gasteiger partial charge on any atom is -0.307 e. The van der Waals surface area contributed by atoms with Crippen LogP contribution in [0.5, 0.6) is 0 Å². The molecule has 0 aromatic carbocycles. The molecule has 0 spiro atoms. The zero-order chi connectivity index (χ0) is 17.3. The van der Waals surface area contributed by atoms with Gasteiger partial charge >= 0.3 is 0 Å². The molecule has 13 heteroatoms. The number of ether oxygens (including phenoxy) is 1. The molecule has 0 aromatic heterocycles. The van der Waals surface area contributed by atoms with Crippen molar-refractivity contribution in [2.24, 2.45) is 0 Å². The van der Waals surface area contributed by atoms with Crippen molar-refractivity contribution in [2.75, 3.05) is 0 Å². The summed E-state index contributed by atoms with van der Waals surface area (Å²) in [6, 6.07) is 0. The van der Waals surface area contributed by atoms with Crippen molar-refractivity contribution in [3.63, 3.8) is 0 Å². The molecule has 2 atom stereocenters. The highest BCUT2D eigenvalue weighted by Gasteiger charge is 2.49. The molecule has 0 aliphatic rings. The van der Waals surface area contributed by atoms with E-state index in [2.05, 4.69) is 0 Å². The first-order valence-electron chi connectivity index (χ1n) is 4.84. The molecule has 0 amide bonds. The first-order valence-corrected chi connectivity index (χ1v) is 9.49. The summed E-state index contributed by atoms with van der Waals surface area (Å²) in [5.41, 5.74) is 0. The molecule has 2 unspecified atom stereocenters. The highest BCUT2D eigenvalue weighted by molar-refractivity contribution is 6.68. The predicted molar refractivity (Wildman–Crippen MR) is 99.1 cm³/mol. The molecule has 21 heavy (non-hydrogen) atoms. The molecular formula is C8H6Cl12O. The highest BCUT2D eigenvalue weighted by atomic mass is 35.6. The number of rotatable bonds is 6. The van der Waals surface area contributed by atoms with Crippen LogP contribution in [0.25, 0.3) is 0 Å². The van der Waals surface area contributed by atoms with Gasteiger partial charge in [-0.15, -0.1) is 23.2 Å². The topological polar surface area (TPSA) is 9.23 Å². The normalized spacial score (nSPS) is 17.7. The zero-order valence-electron chi connectivity index (χ0n) is 9.51. The highest BCUT2D eigenvalue weighted by Crippen LogP contribution is 2.48. The minimum absolute atomic E-state index is 0.256. The average Bonchev–Trinajstić information content (AvgIpc) is 2.09. The lowest BCUT2D eigenvalue weighted by Crippen LogP contribution is -2.43. The van der Waals surface area contributed by atoms with Gasteiger partial charge in [0.1, 0.15) is 0 Å². The van der Waals surface area contributed by atoms with Crippen molar-refractivity contribution in [1.82, 2.24) is 0 Å². The molecule has 0 radical (unpaired) electrons. The zero-order valence-corrected chi connectivity index (χ0v) is 18.6. The van der Waals surface area contributed by atoms with Gasteiger partial charge in [-0.05, 0) is 0 Å². The summed E-state index contributed by atoms with van der Waals surface area (Å²) in [5, 5.41) is -2.36. The molecule has 0 saturated carbocycles. The van der Waals surface area contributed by atoms with E-state index in [4.69, 9.17) is 144 Å². The minimum atomic E-state index is -2.12. The maximum Gasteiger partial charge on any atom is 0.236 e. The lowest BCUT2D eigenvalue weighted by molar-refractivity contribution is 0.0215. The van der Waals surface area contributed by atoms with Crippen LogP contribution in [-0.2, 0) is 4.74 Å². The van der Waals surface area contributed by atoms with Gasteiger partial charge in [-0.2, -0.15) is 0 Å². The Kier molecular flexibility index (Phi) is 10.3. The maximum absolute atomic E-state index is 5.92. The third kappa shape index (κ3) is 10.9. The van der Waals surface area contributed by atoms with E-state index in [1.807, 2.05) is 0 Å². The first kappa shape index (κ1) is 24.4. The van der Waals surface area contributed by atoms with Crippen molar-refractivity contribution in [1.29, 1.82) is 0 Å². The second-order valence-corrected chi connectivity index (χ2v) is 12.5. The Morgan fingerprint density at radius 1 is 0.571 bits per heavy atom. The van der Waals surface area contributed by atoms with E-state index in [0.717, 1.165) is 0 Å².